The van der Waals surface area contributed by atoms with Crippen molar-refractivity contribution in [2.24, 2.45) is 5.73 Å². The van der Waals surface area contributed by atoms with E-state index in [-0.39, 0.29) is 0 Å². The lowest BCUT2D eigenvalue weighted by molar-refractivity contribution is -0.147. The van der Waals surface area contributed by atoms with Crippen molar-refractivity contribution < 1.29 is 53.1 Å². The van der Waals surface area contributed by atoms with Crippen LogP contribution < -0.4 is 27.0 Å². The Balaban J connectivity index is 0.000000400. The Labute approximate surface area is 437 Å². The molecule has 8 N–H and O–H groups in total. The minimum atomic E-state index is -1.16. The molecule has 0 fully saturated rings. The fourth-order valence-electron chi connectivity index (χ4n) is 6.17. The van der Waals surface area contributed by atoms with E-state index in [0.717, 1.165) is 22.3 Å². The van der Waals surface area contributed by atoms with E-state index in [0.29, 0.717) is 11.4 Å². The lowest BCUT2D eigenvalue weighted by atomic mass is 10.1. The summed E-state index contributed by atoms with van der Waals surface area (Å²) in [5, 5.41) is 28.9. The number of carbonyl (C=O) groups is 5. The third-order valence-corrected chi connectivity index (χ3v) is 9.29. The summed E-state index contributed by atoms with van der Waals surface area (Å²) in [6.07, 6.45) is -3.61. The van der Waals surface area contributed by atoms with E-state index in [1.807, 2.05) is 126 Å². The van der Waals surface area contributed by atoms with E-state index in [2.05, 4.69) is 44.9 Å². The van der Waals surface area contributed by atoms with Gasteiger partial charge in [0.1, 0.15) is 23.3 Å². The molecular weight excluding hydrogens is 943 g/mol. The Bertz CT molecular complexity index is 2540. The summed E-state index contributed by atoms with van der Waals surface area (Å²) < 4.78 is 21.8. The van der Waals surface area contributed by atoms with Gasteiger partial charge in [-0.05, 0) is 177 Å². The van der Waals surface area contributed by atoms with Gasteiger partial charge in [0, 0.05) is 33.6 Å². The van der Waals surface area contributed by atoms with Crippen LogP contribution in [-0.2, 0) is 33.3 Å². The lowest BCUT2D eigenvalue weighted by Crippen LogP contribution is -2.53. The van der Waals surface area contributed by atoms with Gasteiger partial charge in [-0.15, -0.1) is 0 Å². The van der Waals surface area contributed by atoms with Gasteiger partial charge in [0.2, 0.25) is 11.8 Å². The topological polar surface area (TPSA) is 237 Å². The molecule has 0 saturated carbocycles. The maximum atomic E-state index is 13.0. The van der Waals surface area contributed by atoms with Gasteiger partial charge in [-0.25, -0.2) is 14.4 Å². The van der Waals surface area contributed by atoms with E-state index in [1.165, 1.54) is 6.92 Å². The van der Waals surface area contributed by atoms with Crippen LogP contribution in [0.25, 0.3) is 0 Å². The molecule has 16 nitrogen and oxygen atoms in total. The lowest BCUT2D eigenvalue weighted by Gasteiger charge is -2.31. The molecule has 0 bridgehead atoms. The minimum Gasteiger partial charge on any atom is -0.480 e. The van der Waals surface area contributed by atoms with Crippen LogP contribution in [0.1, 0.15) is 126 Å². The monoisotopic (exact) mass is 1020 g/mol. The second kappa shape index (κ2) is 28.9. The van der Waals surface area contributed by atoms with Crippen LogP contribution in [0, 0.1) is 23.7 Å². The normalized spacial score (nSPS) is 13.6. The highest BCUT2D eigenvalue weighted by atomic mass is 16.6. The number of benzene rings is 4. The Morgan fingerprint density at radius 2 is 0.784 bits per heavy atom. The van der Waals surface area contributed by atoms with Gasteiger partial charge >= 0.3 is 18.2 Å². The number of rotatable bonds is 12. The predicted octanol–water partition coefficient (Wildman–Crippen LogP) is 9.02. The summed E-state index contributed by atoms with van der Waals surface area (Å²) in [4.78, 5) is 59.9. The minimum absolute atomic E-state index is 0.402. The molecule has 4 aromatic carbocycles. The average molecular weight is 1020 g/mol. The van der Waals surface area contributed by atoms with E-state index >= 15 is 0 Å². The van der Waals surface area contributed by atoms with Crippen molar-refractivity contribution in [3.05, 3.63) is 131 Å². The molecule has 4 aromatic rings. The van der Waals surface area contributed by atoms with Crippen molar-refractivity contribution in [2.45, 2.75) is 163 Å². The molecule has 0 aliphatic heterocycles. The first-order valence-electron chi connectivity index (χ1n) is 24.2. The molecule has 16 heteroatoms. The van der Waals surface area contributed by atoms with Gasteiger partial charge < -0.3 is 56.2 Å². The zero-order valence-corrected chi connectivity index (χ0v) is 45.5. The highest BCUT2D eigenvalue weighted by Gasteiger charge is 2.33. The number of aliphatic hydroxyl groups excluding tert-OH is 1. The van der Waals surface area contributed by atoms with Gasteiger partial charge in [-0.2, -0.15) is 0 Å². The molecule has 0 saturated heterocycles. The Kier molecular flexibility index (Phi) is 24.6. The van der Waals surface area contributed by atoms with Crippen LogP contribution >= 0.6 is 0 Å². The fourth-order valence-corrected chi connectivity index (χ4v) is 6.17. The number of aliphatic hydroxyl groups is 1. The predicted molar refractivity (Wildman–Crippen MR) is 289 cm³/mol. The second-order valence-electron chi connectivity index (χ2n) is 21.1. The number of carboxylic acids is 1. The fraction of sp³-hybridized carbons (Fsp3) is 0.431. The summed E-state index contributed by atoms with van der Waals surface area (Å²) in [7, 11) is 0. The summed E-state index contributed by atoms with van der Waals surface area (Å²) in [5.74, 6) is 10.3. The van der Waals surface area contributed by atoms with Crippen LogP contribution in [0.3, 0.4) is 0 Å². The summed E-state index contributed by atoms with van der Waals surface area (Å²) in [6, 6.07) is 30.7. The van der Waals surface area contributed by atoms with Crippen LogP contribution in [0.2, 0.25) is 0 Å². The first-order valence-corrected chi connectivity index (χ1v) is 24.2. The van der Waals surface area contributed by atoms with Gasteiger partial charge in [-0.3, -0.25) is 9.59 Å². The Hall–Kier alpha value is -7.21. The quantitative estimate of drug-likeness (QED) is 0.0659. The number of amides is 4. The Morgan fingerprint density at radius 1 is 0.473 bits per heavy atom. The molecule has 0 radical (unpaired) electrons. The standard InChI is InChI=1S/C27H34N2O4.C18H18N2O2.C13H25NO5/c1-19(32-26(2,3)4)23(29-25(31)33-27(5,6)7)24(30)28-22-17-15-21(16-18-22)14-13-20-11-9-8-10-12-20;1-13(21)17(19)18(22)20-16-11-9-15(10-12-16)8-7-14-5-3-2-4-6-14;1-8(18-12(2,3)4)9(10(15)16)14-11(17)19-13(5,6)7/h8-12,15-19,23H,1-7H3,(H,28,30)(H,29,31);2-6,9-13,17,21H,19H2,1H3,(H,20,22);8-9H,1-7H3,(H,14,17)(H,15,16)/t19-,23?;13-,17+;8-,9?/m111/s1. The van der Waals surface area contributed by atoms with Crippen molar-refractivity contribution in [3.63, 3.8) is 0 Å². The van der Waals surface area contributed by atoms with Gasteiger partial charge in [0.25, 0.3) is 0 Å². The second-order valence-corrected chi connectivity index (χ2v) is 21.1. The molecule has 2 unspecified atom stereocenters. The number of nitrogens with one attached hydrogen (secondary N) is 4. The number of hydrogen-bond acceptors (Lipinski definition) is 11. The molecule has 0 spiro atoms. The first kappa shape index (κ1) is 62.9. The number of aliphatic carboxylic acids is 1. The smallest absolute Gasteiger partial charge is 0.408 e. The van der Waals surface area contributed by atoms with Crippen molar-refractivity contribution in [3.8, 4) is 23.7 Å². The van der Waals surface area contributed by atoms with Crippen molar-refractivity contribution in [2.75, 3.05) is 10.6 Å². The maximum absolute atomic E-state index is 13.0. The number of carboxylic acid groups (broad SMARTS) is 1. The molecule has 400 valence electrons. The third kappa shape index (κ3) is 27.0. The van der Waals surface area contributed by atoms with Crippen molar-refractivity contribution in [1.29, 1.82) is 0 Å². The zero-order valence-electron chi connectivity index (χ0n) is 45.5. The van der Waals surface area contributed by atoms with Gasteiger partial charge in [0.05, 0.1) is 29.5 Å². The van der Waals surface area contributed by atoms with Crippen molar-refractivity contribution >= 4 is 41.3 Å². The molecule has 0 heterocycles. The van der Waals surface area contributed by atoms with Crippen LogP contribution in [0.4, 0.5) is 21.0 Å². The van der Waals surface area contributed by atoms with Crippen LogP contribution in [0.15, 0.2) is 109 Å². The molecular formula is C58H77N5O11. The van der Waals surface area contributed by atoms with Crippen molar-refractivity contribution in [1.82, 2.24) is 10.6 Å². The highest BCUT2D eigenvalue weighted by Crippen LogP contribution is 2.18. The first-order chi connectivity index (χ1) is 34.2. The number of ether oxygens (including phenoxy) is 4. The van der Waals surface area contributed by atoms with E-state index in [9.17, 15) is 29.1 Å². The molecule has 74 heavy (non-hydrogen) atoms. The molecule has 0 aliphatic rings. The third-order valence-electron chi connectivity index (χ3n) is 9.29. The summed E-state index contributed by atoms with van der Waals surface area (Å²) >= 11 is 0. The number of alkyl carbamates (subject to hydrolysis) is 2. The maximum Gasteiger partial charge on any atom is 0.408 e. The summed E-state index contributed by atoms with van der Waals surface area (Å²) in [5.41, 5.74) is 7.96. The SMILES string of the molecule is C[C@@H](O)[C@H](N)C(=O)Nc1ccc(C#Cc2ccccc2)cc1.C[C@@H](OC(C)(C)C)C(NC(=O)OC(C)(C)C)C(=O)Nc1ccc(C#Cc2ccccc2)cc1.C[C@@H](OC(C)(C)C)C(NC(=O)OC(C)(C)C)C(=O)O. The Morgan fingerprint density at radius 3 is 1.09 bits per heavy atom. The summed E-state index contributed by atoms with van der Waals surface area (Å²) in [6.45, 7) is 26.3. The van der Waals surface area contributed by atoms with E-state index < -0.39 is 88.8 Å². The molecule has 6 atom stereocenters. The largest absolute Gasteiger partial charge is 0.480 e. The number of nitrogens with two attached hydrogens (primary N) is 1. The van der Waals surface area contributed by atoms with Gasteiger partial charge in [-0.1, -0.05) is 60.1 Å². The molecule has 4 amide bonds. The van der Waals surface area contributed by atoms with Crippen LogP contribution in [0.5, 0.6) is 0 Å². The number of hydrogen-bond donors (Lipinski definition) is 7. The number of carbonyl (C=O) groups excluding carboxylic acids is 4. The zero-order chi connectivity index (χ0) is 56.0. The van der Waals surface area contributed by atoms with Crippen LogP contribution in [-0.4, -0.2) is 99.0 Å². The molecule has 0 aliphatic carbocycles. The van der Waals surface area contributed by atoms with E-state index in [4.69, 9.17) is 29.8 Å². The number of anilines is 2. The average Bonchev–Trinajstić information content (AvgIpc) is 3.28. The van der Waals surface area contributed by atoms with E-state index in [1.54, 1.807) is 79.7 Å². The highest BCUT2D eigenvalue weighted by molar-refractivity contribution is 5.97. The molecule has 4 rings (SSSR count). The van der Waals surface area contributed by atoms with Gasteiger partial charge in [0.15, 0.2) is 6.04 Å². The molecule has 0 aromatic heterocycles.